The van der Waals surface area contributed by atoms with E-state index in [4.69, 9.17) is 0 Å². The van der Waals surface area contributed by atoms with E-state index in [2.05, 4.69) is 20.3 Å². The van der Waals surface area contributed by atoms with Gasteiger partial charge in [-0.3, -0.25) is 19.4 Å². The van der Waals surface area contributed by atoms with Crippen molar-refractivity contribution < 1.29 is 22.8 Å². The average Bonchev–Trinajstić information content (AvgIpc) is 2.93. The monoisotopic (exact) mass is 627 g/mol. The number of rotatable bonds is 13. The van der Waals surface area contributed by atoms with E-state index in [0.717, 1.165) is 5.56 Å². The highest BCUT2D eigenvalue weighted by Crippen LogP contribution is 2.29. The molecule has 0 spiro atoms. The molecule has 44 heavy (non-hydrogen) atoms. The van der Waals surface area contributed by atoms with Crippen LogP contribution in [0.25, 0.3) is 0 Å². The maximum atomic E-state index is 14.0. The van der Waals surface area contributed by atoms with Crippen molar-refractivity contribution in [1.29, 1.82) is 0 Å². The van der Waals surface area contributed by atoms with Crippen molar-refractivity contribution in [2.45, 2.75) is 84.7 Å². The van der Waals surface area contributed by atoms with Crippen LogP contribution < -0.4 is 15.4 Å². The Morgan fingerprint density at radius 1 is 0.977 bits per heavy atom. The predicted molar refractivity (Wildman–Crippen MR) is 174 cm³/mol. The number of pyridine rings is 1. The molecule has 1 heterocycles. The van der Waals surface area contributed by atoms with Gasteiger partial charge in [0.1, 0.15) is 6.04 Å². The quantitative estimate of drug-likeness (QED) is 0.289. The number of carbonyl (C=O) groups excluding carboxylic acids is 3. The number of aromatic nitrogens is 1. The lowest BCUT2D eigenvalue weighted by Crippen LogP contribution is -2.61. The van der Waals surface area contributed by atoms with Gasteiger partial charge in [-0.15, -0.1) is 0 Å². The van der Waals surface area contributed by atoms with E-state index in [1.165, 1.54) is 24.2 Å². The number of sulfonamides is 1. The molecule has 2 rings (SSSR count). The second-order valence-corrected chi connectivity index (χ2v) is 14.9. The second-order valence-electron chi connectivity index (χ2n) is 13.2. The third-order valence-corrected chi connectivity index (χ3v) is 8.98. The summed E-state index contributed by atoms with van der Waals surface area (Å²) in [5.74, 6) is -1.94. The number of hydrogen-bond acceptors (Lipinski definition) is 7. The SMILES string of the molecule is CNC(C(=O)NC(C(=O)N(C)C(/C=C(\C)C(=O)NS(=O)(=O)Cc1cccnc1)C(C)C)C(C)(C)C)C(C)(C)c1ccccc1. The number of benzene rings is 1. The largest absolute Gasteiger partial charge is 0.342 e. The van der Waals surface area contributed by atoms with E-state index in [0.29, 0.717) is 5.56 Å². The van der Waals surface area contributed by atoms with Crippen LogP contribution in [0.4, 0.5) is 0 Å². The summed E-state index contributed by atoms with van der Waals surface area (Å²) in [6.45, 7) is 14.9. The first-order chi connectivity index (χ1) is 20.3. The molecule has 11 heteroatoms. The number of likely N-dealkylation sites (N-methyl/N-ethyl adjacent to an activating group) is 2. The molecule has 0 aliphatic heterocycles. The van der Waals surface area contributed by atoms with Crippen molar-refractivity contribution in [3.05, 3.63) is 77.6 Å². The van der Waals surface area contributed by atoms with Gasteiger partial charge in [0.25, 0.3) is 5.91 Å². The first-order valence-corrected chi connectivity index (χ1v) is 16.4. The van der Waals surface area contributed by atoms with Crippen LogP contribution in [-0.4, -0.2) is 68.2 Å². The Morgan fingerprint density at radius 3 is 2.09 bits per heavy atom. The van der Waals surface area contributed by atoms with Crippen LogP contribution >= 0.6 is 0 Å². The molecule has 0 aliphatic carbocycles. The molecule has 0 saturated carbocycles. The Labute approximate surface area is 263 Å². The van der Waals surface area contributed by atoms with E-state index in [1.807, 2.05) is 78.8 Å². The summed E-state index contributed by atoms with van der Waals surface area (Å²) in [5.41, 5.74) is 0.347. The topological polar surface area (TPSA) is 138 Å². The zero-order valence-electron chi connectivity index (χ0n) is 27.6. The second kappa shape index (κ2) is 14.9. The number of hydrogen-bond donors (Lipinski definition) is 3. The Bertz CT molecular complexity index is 1420. The summed E-state index contributed by atoms with van der Waals surface area (Å²) in [7, 11) is -0.626. The van der Waals surface area contributed by atoms with E-state index in [-0.39, 0.29) is 23.3 Å². The minimum atomic E-state index is -3.98. The van der Waals surface area contributed by atoms with Crippen LogP contribution in [0.2, 0.25) is 0 Å². The molecule has 0 aliphatic rings. The van der Waals surface area contributed by atoms with Crippen molar-refractivity contribution in [2.24, 2.45) is 11.3 Å². The van der Waals surface area contributed by atoms with Crippen LogP contribution in [0, 0.1) is 11.3 Å². The molecule has 10 nitrogen and oxygen atoms in total. The average molecular weight is 628 g/mol. The molecule has 0 radical (unpaired) electrons. The molecular weight excluding hydrogens is 578 g/mol. The normalized spacial score (nSPS) is 14.8. The highest BCUT2D eigenvalue weighted by molar-refractivity contribution is 7.89. The molecule has 0 fully saturated rings. The maximum Gasteiger partial charge on any atom is 0.260 e. The van der Waals surface area contributed by atoms with Crippen molar-refractivity contribution in [2.75, 3.05) is 14.1 Å². The van der Waals surface area contributed by atoms with Crippen molar-refractivity contribution in [3.8, 4) is 0 Å². The molecule has 2 aromatic rings. The van der Waals surface area contributed by atoms with Crippen LogP contribution in [-0.2, 0) is 35.6 Å². The van der Waals surface area contributed by atoms with Crippen molar-refractivity contribution in [1.82, 2.24) is 25.2 Å². The third kappa shape index (κ3) is 9.72. The van der Waals surface area contributed by atoms with Gasteiger partial charge in [-0.25, -0.2) is 13.1 Å². The van der Waals surface area contributed by atoms with Gasteiger partial charge in [-0.1, -0.05) is 90.9 Å². The summed E-state index contributed by atoms with van der Waals surface area (Å²) < 4.78 is 27.4. The first-order valence-electron chi connectivity index (χ1n) is 14.7. The molecule has 3 N–H and O–H groups in total. The van der Waals surface area contributed by atoms with Crippen LogP contribution in [0.3, 0.4) is 0 Å². The first kappa shape index (κ1) is 36.6. The molecule has 3 unspecified atom stereocenters. The van der Waals surface area contributed by atoms with E-state index in [9.17, 15) is 22.8 Å². The zero-order valence-corrected chi connectivity index (χ0v) is 28.5. The Kier molecular flexibility index (Phi) is 12.4. The van der Waals surface area contributed by atoms with Crippen LogP contribution in [0.15, 0.2) is 66.5 Å². The summed E-state index contributed by atoms with van der Waals surface area (Å²) in [6, 6.07) is 10.9. The Morgan fingerprint density at radius 2 is 1.59 bits per heavy atom. The summed E-state index contributed by atoms with van der Waals surface area (Å²) in [6.07, 6.45) is 4.55. The fourth-order valence-corrected chi connectivity index (χ4v) is 6.25. The van der Waals surface area contributed by atoms with Gasteiger partial charge in [-0.05, 0) is 42.5 Å². The van der Waals surface area contributed by atoms with Gasteiger partial charge in [-0.2, -0.15) is 0 Å². The minimum absolute atomic E-state index is 0.128. The lowest BCUT2D eigenvalue weighted by atomic mass is 9.76. The lowest BCUT2D eigenvalue weighted by molar-refractivity contribution is -0.140. The molecule has 3 amide bonds. The van der Waals surface area contributed by atoms with Gasteiger partial charge < -0.3 is 15.5 Å². The predicted octanol–water partition coefficient (Wildman–Crippen LogP) is 3.55. The molecular formula is C33H49N5O5S. The van der Waals surface area contributed by atoms with Gasteiger partial charge >= 0.3 is 0 Å². The highest BCUT2D eigenvalue weighted by atomic mass is 32.2. The standard InChI is InChI=1S/C33H49N5O5S/c1-22(2)26(19-23(3)29(39)37-44(42,43)21-24-15-14-18-35-20-24)38(10)31(41)28(32(4,5)6)36-30(40)27(34-9)33(7,8)25-16-12-11-13-17-25/h11-20,22,26-28,34H,21H2,1-10H3,(H,36,40)(H,37,39)/b23-19+. The fourth-order valence-electron chi connectivity index (χ4n) is 5.12. The third-order valence-electron chi connectivity index (χ3n) is 7.77. The van der Waals surface area contributed by atoms with E-state index < -0.39 is 50.6 Å². The summed E-state index contributed by atoms with van der Waals surface area (Å²) >= 11 is 0. The van der Waals surface area contributed by atoms with Gasteiger partial charge in [0.2, 0.25) is 21.8 Å². The molecule has 0 saturated heterocycles. The van der Waals surface area contributed by atoms with E-state index in [1.54, 1.807) is 32.3 Å². The molecule has 3 atom stereocenters. The van der Waals surface area contributed by atoms with Crippen LogP contribution in [0.5, 0.6) is 0 Å². The maximum absolute atomic E-state index is 14.0. The van der Waals surface area contributed by atoms with Gasteiger partial charge in [0.15, 0.2) is 0 Å². The summed E-state index contributed by atoms with van der Waals surface area (Å²) in [5, 5.41) is 6.15. The Hall–Kier alpha value is -3.57. The van der Waals surface area contributed by atoms with Crippen LogP contribution in [0.1, 0.15) is 66.5 Å². The van der Waals surface area contributed by atoms with E-state index >= 15 is 0 Å². The number of nitrogens with zero attached hydrogens (tertiary/aromatic N) is 2. The van der Waals surface area contributed by atoms with Gasteiger partial charge in [0, 0.05) is 30.4 Å². The van der Waals surface area contributed by atoms with Crippen molar-refractivity contribution >= 4 is 27.7 Å². The molecule has 0 bridgehead atoms. The van der Waals surface area contributed by atoms with Gasteiger partial charge in [0.05, 0.1) is 17.8 Å². The molecule has 242 valence electrons. The number of nitrogens with one attached hydrogen (secondary N) is 3. The fraction of sp³-hybridized carbons (Fsp3) is 0.515. The highest BCUT2D eigenvalue weighted by Gasteiger charge is 2.41. The lowest BCUT2D eigenvalue weighted by Gasteiger charge is -2.40. The molecule has 1 aromatic carbocycles. The summed E-state index contributed by atoms with van der Waals surface area (Å²) in [4.78, 5) is 46.1. The Balaban J connectivity index is 2.29. The number of carbonyl (C=O) groups is 3. The minimum Gasteiger partial charge on any atom is -0.342 e. The molecule has 1 aromatic heterocycles. The number of amides is 3. The zero-order chi connectivity index (χ0) is 33.5. The smallest absolute Gasteiger partial charge is 0.260 e. The van der Waals surface area contributed by atoms with Crippen molar-refractivity contribution in [3.63, 3.8) is 0 Å².